The van der Waals surface area contributed by atoms with E-state index in [1.165, 1.54) is 4.52 Å². The van der Waals surface area contributed by atoms with E-state index < -0.39 is 5.56 Å². The standard InChI is InChI=1S/C24H23N3O4S/c1-3-12-31-19-11-10-17(14-20(19)30-4-2)15-21-23(29)27-24(32-21)25-22(28)18(26-27)13-16-8-6-5-7-9-16/h5-11,14-15H,3-4,12-13H2,1-2H3/b21-15-. The van der Waals surface area contributed by atoms with Crippen molar-refractivity contribution in [1.82, 2.24) is 14.6 Å². The van der Waals surface area contributed by atoms with Crippen molar-refractivity contribution in [3.05, 3.63) is 90.6 Å². The molecule has 4 rings (SSSR count). The Balaban J connectivity index is 1.73. The maximum absolute atomic E-state index is 12.9. The second kappa shape index (κ2) is 9.74. The number of ether oxygens (including phenoxy) is 2. The van der Waals surface area contributed by atoms with Crippen LogP contribution in [0.15, 0.2) is 58.1 Å². The molecular weight excluding hydrogens is 426 g/mol. The summed E-state index contributed by atoms with van der Waals surface area (Å²) in [4.78, 5) is 29.7. The third-order valence-electron chi connectivity index (χ3n) is 4.69. The molecule has 0 saturated carbocycles. The lowest BCUT2D eigenvalue weighted by atomic mass is 10.1. The van der Waals surface area contributed by atoms with Gasteiger partial charge in [-0.2, -0.15) is 14.6 Å². The van der Waals surface area contributed by atoms with Crippen molar-refractivity contribution in [1.29, 1.82) is 0 Å². The fraction of sp³-hybridized carbons (Fsp3) is 0.250. The van der Waals surface area contributed by atoms with Gasteiger partial charge in [-0.05, 0) is 42.7 Å². The minimum absolute atomic E-state index is 0.242. The zero-order valence-electron chi connectivity index (χ0n) is 17.9. The van der Waals surface area contributed by atoms with E-state index in [4.69, 9.17) is 9.47 Å². The minimum Gasteiger partial charge on any atom is -0.490 e. The van der Waals surface area contributed by atoms with Crippen LogP contribution in [-0.2, 0) is 6.42 Å². The fourth-order valence-corrected chi connectivity index (χ4v) is 4.11. The molecule has 2 aromatic carbocycles. The van der Waals surface area contributed by atoms with Gasteiger partial charge in [-0.15, -0.1) is 0 Å². The summed E-state index contributed by atoms with van der Waals surface area (Å²) < 4.78 is 13.1. The van der Waals surface area contributed by atoms with E-state index in [-0.39, 0.29) is 16.2 Å². The normalized spacial score (nSPS) is 11.8. The summed E-state index contributed by atoms with van der Waals surface area (Å²) in [5, 5.41) is 4.30. The smallest absolute Gasteiger partial charge is 0.296 e. The molecule has 0 N–H and O–H groups in total. The van der Waals surface area contributed by atoms with Crippen LogP contribution in [-0.4, -0.2) is 27.8 Å². The number of fused-ring (bicyclic) bond motifs is 1. The molecule has 0 aliphatic rings. The molecule has 0 aliphatic carbocycles. The third kappa shape index (κ3) is 4.70. The molecule has 164 valence electrons. The van der Waals surface area contributed by atoms with Crippen LogP contribution in [0.3, 0.4) is 0 Å². The molecule has 8 heteroatoms. The van der Waals surface area contributed by atoms with Crippen molar-refractivity contribution in [2.24, 2.45) is 0 Å². The predicted molar refractivity (Wildman–Crippen MR) is 125 cm³/mol. The van der Waals surface area contributed by atoms with Gasteiger partial charge in [0.15, 0.2) is 11.5 Å². The summed E-state index contributed by atoms with van der Waals surface area (Å²) in [5.41, 5.74) is 1.23. The SMILES string of the molecule is CCCOc1ccc(/C=c2\sc3nc(=O)c(Cc4ccccc4)nn3c2=O)cc1OCC. The fourth-order valence-electron chi connectivity index (χ4n) is 3.21. The molecule has 0 bridgehead atoms. The van der Waals surface area contributed by atoms with Crippen molar-refractivity contribution >= 4 is 22.4 Å². The molecule has 0 atom stereocenters. The highest BCUT2D eigenvalue weighted by Gasteiger charge is 2.12. The van der Waals surface area contributed by atoms with Gasteiger partial charge in [0.05, 0.1) is 17.7 Å². The topological polar surface area (TPSA) is 82.8 Å². The Kier molecular flexibility index (Phi) is 6.61. The molecule has 0 saturated heterocycles. The van der Waals surface area contributed by atoms with Crippen LogP contribution in [0, 0.1) is 0 Å². The lowest BCUT2D eigenvalue weighted by molar-refractivity contribution is 0.277. The number of benzene rings is 2. The molecule has 0 radical (unpaired) electrons. The second-order valence-corrected chi connectivity index (χ2v) is 8.13. The van der Waals surface area contributed by atoms with Crippen LogP contribution >= 0.6 is 11.3 Å². The summed E-state index contributed by atoms with van der Waals surface area (Å²) in [6.07, 6.45) is 2.96. The van der Waals surface area contributed by atoms with Crippen LogP contribution in [0.25, 0.3) is 11.0 Å². The maximum atomic E-state index is 12.9. The Morgan fingerprint density at radius 3 is 2.59 bits per heavy atom. The van der Waals surface area contributed by atoms with Gasteiger partial charge in [0, 0.05) is 6.42 Å². The number of hydrogen-bond donors (Lipinski definition) is 0. The van der Waals surface area contributed by atoms with Gasteiger partial charge in [0.25, 0.3) is 11.1 Å². The van der Waals surface area contributed by atoms with Crippen molar-refractivity contribution in [3.8, 4) is 11.5 Å². The van der Waals surface area contributed by atoms with Gasteiger partial charge in [-0.25, -0.2) is 0 Å². The number of nitrogens with zero attached hydrogens (tertiary/aromatic N) is 3. The molecule has 0 spiro atoms. The highest BCUT2D eigenvalue weighted by Crippen LogP contribution is 2.29. The molecule has 7 nitrogen and oxygen atoms in total. The first-order valence-electron chi connectivity index (χ1n) is 10.5. The van der Waals surface area contributed by atoms with Crippen LogP contribution < -0.4 is 25.1 Å². The first-order valence-corrected chi connectivity index (χ1v) is 11.3. The molecular formula is C24H23N3O4S. The Morgan fingerprint density at radius 2 is 1.84 bits per heavy atom. The highest BCUT2D eigenvalue weighted by atomic mass is 32.1. The zero-order chi connectivity index (χ0) is 22.5. The molecule has 2 aromatic heterocycles. The first kappa shape index (κ1) is 21.7. The van der Waals surface area contributed by atoms with E-state index in [0.29, 0.717) is 35.7 Å². The van der Waals surface area contributed by atoms with Crippen LogP contribution in [0.2, 0.25) is 0 Å². The average Bonchev–Trinajstić information content (AvgIpc) is 3.08. The molecule has 0 unspecified atom stereocenters. The van der Waals surface area contributed by atoms with Gasteiger partial charge in [0.2, 0.25) is 4.96 Å². The molecule has 2 heterocycles. The van der Waals surface area contributed by atoms with E-state index >= 15 is 0 Å². The third-order valence-corrected chi connectivity index (χ3v) is 5.65. The Labute approximate surface area is 188 Å². The predicted octanol–water partition coefficient (Wildman–Crippen LogP) is 2.84. The molecule has 0 fully saturated rings. The summed E-state index contributed by atoms with van der Waals surface area (Å²) in [7, 11) is 0. The second-order valence-electron chi connectivity index (χ2n) is 7.12. The van der Waals surface area contributed by atoms with Crippen molar-refractivity contribution in [3.63, 3.8) is 0 Å². The van der Waals surface area contributed by atoms with E-state index in [2.05, 4.69) is 10.1 Å². The Hall–Kier alpha value is -3.52. The van der Waals surface area contributed by atoms with Gasteiger partial charge >= 0.3 is 0 Å². The van der Waals surface area contributed by atoms with E-state index in [0.717, 1.165) is 28.9 Å². The average molecular weight is 450 g/mol. The van der Waals surface area contributed by atoms with E-state index in [1.807, 2.05) is 62.4 Å². The van der Waals surface area contributed by atoms with Gasteiger partial charge < -0.3 is 9.47 Å². The molecule has 0 aliphatic heterocycles. The first-order chi connectivity index (χ1) is 15.6. The number of rotatable bonds is 8. The van der Waals surface area contributed by atoms with Gasteiger partial charge in [-0.1, -0.05) is 54.7 Å². The number of thiazole rings is 1. The largest absolute Gasteiger partial charge is 0.490 e. The van der Waals surface area contributed by atoms with Gasteiger partial charge in [-0.3, -0.25) is 9.59 Å². The van der Waals surface area contributed by atoms with Crippen LogP contribution in [0.5, 0.6) is 11.5 Å². The molecule has 4 aromatic rings. The summed E-state index contributed by atoms with van der Waals surface area (Å²) in [6.45, 7) is 5.05. The van der Waals surface area contributed by atoms with E-state index in [9.17, 15) is 9.59 Å². The summed E-state index contributed by atoms with van der Waals surface area (Å²) >= 11 is 1.13. The zero-order valence-corrected chi connectivity index (χ0v) is 18.7. The lowest BCUT2D eigenvalue weighted by Gasteiger charge is -2.11. The summed E-state index contributed by atoms with van der Waals surface area (Å²) in [5.74, 6) is 1.29. The minimum atomic E-state index is -0.419. The number of aromatic nitrogens is 3. The van der Waals surface area contributed by atoms with Crippen LogP contribution in [0.1, 0.15) is 37.1 Å². The van der Waals surface area contributed by atoms with E-state index in [1.54, 1.807) is 6.08 Å². The molecule has 0 amide bonds. The van der Waals surface area contributed by atoms with Crippen LogP contribution in [0.4, 0.5) is 0 Å². The van der Waals surface area contributed by atoms with Crippen molar-refractivity contribution < 1.29 is 9.47 Å². The Bertz CT molecular complexity index is 1400. The number of hydrogen-bond acceptors (Lipinski definition) is 7. The van der Waals surface area contributed by atoms with Crippen molar-refractivity contribution in [2.75, 3.05) is 13.2 Å². The summed E-state index contributed by atoms with van der Waals surface area (Å²) in [6, 6.07) is 15.0. The quantitative estimate of drug-likeness (QED) is 0.411. The van der Waals surface area contributed by atoms with Gasteiger partial charge in [0.1, 0.15) is 5.69 Å². The monoisotopic (exact) mass is 449 g/mol. The highest BCUT2D eigenvalue weighted by molar-refractivity contribution is 7.15. The lowest BCUT2D eigenvalue weighted by Crippen LogP contribution is -2.28. The molecule has 32 heavy (non-hydrogen) atoms. The van der Waals surface area contributed by atoms with Crippen molar-refractivity contribution in [2.45, 2.75) is 26.7 Å². The maximum Gasteiger partial charge on any atom is 0.296 e. The Morgan fingerprint density at radius 1 is 1.03 bits per heavy atom.